The summed E-state index contributed by atoms with van der Waals surface area (Å²) in [6, 6.07) is 11.7. The van der Waals surface area contributed by atoms with E-state index in [0.717, 1.165) is 5.56 Å². The molecule has 35 heavy (non-hydrogen) atoms. The molecular formula is C27H33ClFN3O3. The molecule has 2 atom stereocenters. The molecule has 0 aromatic heterocycles. The van der Waals surface area contributed by atoms with Gasteiger partial charge in [-0.15, -0.1) is 0 Å². The van der Waals surface area contributed by atoms with Crippen molar-refractivity contribution in [1.29, 1.82) is 0 Å². The molecule has 2 amide bonds. The van der Waals surface area contributed by atoms with E-state index in [0.29, 0.717) is 35.9 Å². The van der Waals surface area contributed by atoms with Gasteiger partial charge >= 0.3 is 6.09 Å². The summed E-state index contributed by atoms with van der Waals surface area (Å²) in [5.41, 5.74) is 1.50. The van der Waals surface area contributed by atoms with Crippen LogP contribution in [0.2, 0.25) is 5.02 Å². The van der Waals surface area contributed by atoms with E-state index in [1.807, 2.05) is 11.8 Å². The Morgan fingerprint density at radius 2 is 1.80 bits per heavy atom. The Morgan fingerprint density at radius 1 is 1.11 bits per heavy atom. The van der Waals surface area contributed by atoms with Crippen molar-refractivity contribution in [2.45, 2.75) is 58.8 Å². The number of carbonyl (C=O) groups excluding carboxylic acids is 2. The molecule has 0 bridgehead atoms. The zero-order chi connectivity index (χ0) is 25.8. The Balaban J connectivity index is 1.66. The second kappa shape index (κ2) is 11.2. The summed E-state index contributed by atoms with van der Waals surface area (Å²) in [5.74, 6) is -0.355. The molecule has 1 fully saturated rings. The summed E-state index contributed by atoms with van der Waals surface area (Å²) in [4.78, 5) is 29.4. The number of nitrogens with one attached hydrogen (secondary N) is 1. The Bertz CT molecular complexity index is 1080. The SMILES string of the molecule is C[C@@H]1CN(Cc2ccc(F)cc2)[C@@H](C)CN1C(=O)C=Cc1ccc(Cl)cc1NC(=O)OC(C)(C)C. The van der Waals surface area contributed by atoms with Gasteiger partial charge in [0.1, 0.15) is 11.4 Å². The molecule has 2 aromatic rings. The first-order chi connectivity index (χ1) is 16.4. The number of anilines is 1. The molecule has 6 nitrogen and oxygen atoms in total. The van der Waals surface area contributed by atoms with E-state index in [-0.39, 0.29) is 23.8 Å². The number of ether oxygens (including phenoxy) is 1. The highest BCUT2D eigenvalue weighted by Crippen LogP contribution is 2.24. The second-order valence-electron chi connectivity index (χ2n) is 9.94. The second-order valence-corrected chi connectivity index (χ2v) is 10.4. The van der Waals surface area contributed by atoms with Gasteiger partial charge in [-0.05, 0) is 76.1 Å². The van der Waals surface area contributed by atoms with Crippen LogP contribution in [0.1, 0.15) is 45.7 Å². The molecule has 0 aliphatic carbocycles. The van der Waals surface area contributed by atoms with Crippen molar-refractivity contribution in [2.75, 3.05) is 18.4 Å². The molecule has 3 rings (SSSR count). The van der Waals surface area contributed by atoms with Crippen LogP contribution in [-0.2, 0) is 16.1 Å². The molecule has 1 N–H and O–H groups in total. The van der Waals surface area contributed by atoms with Gasteiger partial charge in [0.15, 0.2) is 0 Å². The van der Waals surface area contributed by atoms with Crippen LogP contribution in [0.15, 0.2) is 48.5 Å². The van der Waals surface area contributed by atoms with E-state index in [1.54, 1.807) is 57.2 Å². The Morgan fingerprint density at radius 3 is 2.46 bits per heavy atom. The van der Waals surface area contributed by atoms with Gasteiger partial charge in [-0.3, -0.25) is 15.0 Å². The molecule has 0 radical (unpaired) electrons. The number of carbonyl (C=O) groups is 2. The van der Waals surface area contributed by atoms with Crippen molar-refractivity contribution in [3.63, 3.8) is 0 Å². The van der Waals surface area contributed by atoms with Gasteiger partial charge in [0.25, 0.3) is 0 Å². The number of amides is 2. The number of rotatable bonds is 5. The number of nitrogens with zero attached hydrogens (tertiary/aromatic N) is 2. The molecule has 1 aliphatic heterocycles. The number of benzene rings is 2. The lowest BCUT2D eigenvalue weighted by Crippen LogP contribution is -2.57. The van der Waals surface area contributed by atoms with E-state index in [9.17, 15) is 14.0 Å². The third-order valence-electron chi connectivity index (χ3n) is 5.75. The van der Waals surface area contributed by atoms with Gasteiger partial charge in [0.2, 0.25) is 5.91 Å². The van der Waals surface area contributed by atoms with Gasteiger partial charge in [-0.25, -0.2) is 9.18 Å². The van der Waals surface area contributed by atoms with E-state index < -0.39 is 11.7 Å². The number of halogens is 2. The van der Waals surface area contributed by atoms with Crippen LogP contribution in [0.5, 0.6) is 0 Å². The molecule has 188 valence electrons. The van der Waals surface area contributed by atoms with E-state index in [2.05, 4.69) is 17.1 Å². The lowest BCUT2D eigenvalue weighted by molar-refractivity contribution is -0.131. The van der Waals surface area contributed by atoms with E-state index in [4.69, 9.17) is 16.3 Å². The minimum atomic E-state index is -0.639. The van der Waals surface area contributed by atoms with Gasteiger partial charge in [0, 0.05) is 42.8 Å². The summed E-state index contributed by atoms with van der Waals surface area (Å²) in [6.45, 7) is 11.4. The third kappa shape index (κ3) is 7.80. The zero-order valence-electron chi connectivity index (χ0n) is 20.8. The van der Waals surface area contributed by atoms with Crippen molar-refractivity contribution in [3.05, 3.63) is 70.5 Å². The normalized spacial score (nSPS) is 19.1. The average Bonchev–Trinajstić information content (AvgIpc) is 2.75. The topological polar surface area (TPSA) is 61.9 Å². The van der Waals surface area contributed by atoms with Crippen LogP contribution >= 0.6 is 11.6 Å². The largest absolute Gasteiger partial charge is 0.444 e. The molecule has 8 heteroatoms. The number of hydrogen-bond donors (Lipinski definition) is 1. The summed E-state index contributed by atoms with van der Waals surface area (Å²) < 4.78 is 18.5. The fraction of sp³-hybridized carbons (Fsp3) is 0.407. The first-order valence-corrected chi connectivity index (χ1v) is 12.1. The van der Waals surface area contributed by atoms with Crippen LogP contribution in [-0.4, -0.2) is 52.6 Å². The maximum Gasteiger partial charge on any atom is 0.412 e. The highest BCUT2D eigenvalue weighted by Gasteiger charge is 2.31. The van der Waals surface area contributed by atoms with E-state index >= 15 is 0 Å². The molecule has 0 unspecified atom stereocenters. The Hall–Kier alpha value is -2.90. The highest BCUT2D eigenvalue weighted by molar-refractivity contribution is 6.31. The molecular weight excluding hydrogens is 469 g/mol. The first kappa shape index (κ1) is 26.7. The van der Waals surface area contributed by atoms with Crippen molar-refractivity contribution < 1.29 is 18.7 Å². The quantitative estimate of drug-likeness (QED) is 0.513. The summed E-state index contributed by atoms with van der Waals surface area (Å²) in [7, 11) is 0. The van der Waals surface area contributed by atoms with Gasteiger partial charge < -0.3 is 9.64 Å². The fourth-order valence-electron chi connectivity index (χ4n) is 4.00. The molecule has 1 saturated heterocycles. The summed E-state index contributed by atoms with van der Waals surface area (Å²) >= 11 is 6.12. The minimum absolute atomic E-state index is 0.00775. The number of piperazine rings is 1. The molecule has 1 heterocycles. The zero-order valence-corrected chi connectivity index (χ0v) is 21.6. The minimum Gasteiger partial charge on any atom is -0.444 e. The fourth-order valence-corrected chi connectivity index (χ4v) is 4.17. The average molecular weight is 502 g/mol. The Labute approximate surface area is 211 Å². The van der Waals surface area contributed by atoms with Crippen molar-refractivity contribution >= 4 is 35.4 Å². The van der Waals surface area contributed by atoms with E-state index in [1.165, 1.54) is 18.2 Å². The smallest absolute Gasteiger partial charge is 0.412 e. The predicted molar refractivity (Wildman–Crippen MR) is 138 cm³/mol. The van der Waals surface area contributed by atoms with Gasteiger partial charge in [-0.1, -0.05) is 29.8 Å². The third-order valence-corrected chi connectivity index (χ3v) is 5.99. The number of hydrogen-bond acceptors (Lipinski definition) is 4. The molecule has 0 saturated carbocycles. The Kier molecular flexibility index (Phi) is 8.56. The van der Waals surface area contributed by atoms with Crippen LogP contribution in [0.3, 0.4) is 0 Å². The van der Waals surface area contributed by atoms with Crippen molar-refractivity contribution in [1.82, 2.24) is 9.80 Å². The summed E-state index contributed by atoms with van der Waals surface area (Å²) in [5, 5.41) is 3.17. The maximum atomic E-state index is 13.2. The lowest BCUT2D eigenvalue weighted by atomic mass is 10.1. The maximum absolute atomic E-state index is 13.2. The summed E-state index contributed by atoms with van der Waals surface area (Å²) in [6.07, 6.45) is 2.59. The van der Waals surface area contributed by atoms with Gasteiger partial charge in [0.05, 0.1) is 5.69 Å². The molecule has 2 aromatic carbocycles. The van der Waals surface area contributed by atoms with Crippen molar-refractivity contribution in [3.8, 4) is 0 Å². The molecule has 1 aliphatic rings. The van der Waals surface area contributed by atoms with Crippen molar-refractivity contribution in [2.24, 2.45) is 0 Å². The monoisotopic (exact) mass is 501 g/mol. The predicted octanol–water partition coefficient (Wildman–Crippen LogP) is 5.96. The first-order valence-electron chi connectivity index (χ1n) is 11.7. The highest BCUT2D eigenvalue weighted by atomic mass is 35.5. The van der Waals surface area contributed by atoms with Crippen LogP contribution in [0.25, 0.3) is 6.08 Å². The lowest BCUT2D eigenvalue weighted by Gasteiger charge is -2.44. The van der Waals surface area contributed by atoms with Crippen LogP contribution < -0.4 is 5.32 Å². The van der Waals surface area contributed by atoms with Crippen LogP contribution in [0, 0.1) is 5.82 Å². The molecule has 0 spiro atoms. The standard InChI is InChI=1S/C27H33ClFN3O3/c1-18-16-32(19(2)15-31(18)17-20-6-11-23(29)12-7-20)25(33)13-9-21-8-10-22(28)14-24(21)30-26(34)35-27(3,4)5/h6-14,18-19H,15-17H2,1-5H3,(H,30,34)/t18-,19+/m0/s1. The van der Waals surface area contributed by atoms with Gasteiger partial charge in [-0.2, -0.15) is 0 Å². The van der Waals surface area contributed by atoms with Crippen LogP contribution in [0.4, 0.5) is 14.9 Å².